The molecule has 0 saturated heterocycles. The summed E-state index contributed by atoms with van der Waals surface area (Å²) in [5.74, 6) is 5.57. The maximum Gasteiger partial charge on any atom is 0.253 e. The third-order valence-corrected chi connectivity index (χ3v) is 6.55. The lowest BCUT2D eigenvalue weighted by molar-refractivity contribution is 0.610. The molecule has 36 heavy (non-hydrogen) atoms. The van der Waals surface area contributed by atoms with Crippen LogP contribution in [0.15, 0.2) is 82.7 Å². The summed E-state index contributed by atoms with van der Waals surface area (Å²) in [5, 5.41) is 0. The molecule has 5 rings (SSSR count). The van der Waals surface area contributed by atoms with E-state index in [2.05, 4.69) is 16.8 Å². The Morgan fingerprint density at radius 1 is 1.06 bits per heavy atom. The first-order valence-corrected chi connectivity index (χ1v) is 11.8. The monoisotopic (exact) mass is 476 g/mol. The van der Waals surface area contributed by atoms with E-state index in [1.807, 2.05) is 61.5 Å². The standard InChI is InChI=1S/C30H25FN4O/c1-4-9-23-12-7-15-26(33-23)20-10-6-11-21(17-20)30(22-16-19(3)29(36)35(5-2)18-22)24-13-8-14-25(31)27(24)28(32)34-30/h6-8,10-18H,5H2,1-3H3,(H2,32,34). The van der Waals surface area contributed by atoms with Gasteiger partial charge in [-0.05, 0) is 62.6 Å². The zero-order valence-electron chi connectivity index (χ0n) is 20.3. The van der Waals surface area contributed by atoms with Crippen LogP contribution in [0.25, 0.3) is 11.3 Å². The molecule has 178 valence electrons. The highest BCUT2D eigenvalue weighted by molar-refractivity contribution is 6.03. The fourth-order valence-electron chi connectivity index (χ4n) is 4.90. The number of amidine groups is 1. The Kier molecular flexibility index (Phi) is 5.77. The van der Waals surface area contributed by atoms with Crippen molar-refractivity contribution in [3.8, 4) is 23.1 Å². The van der Waals surface area contributed by atoms with Crippen LogP contribution in [0, 0.1) is 24.6 Å². The first-order valence-electron chi connectivity index (χ1n) is 11.8. The molecule has 2 aromatic heterocycles. The second kappa shape index (κ2) is 8.94. The van der Waals surface area contributed by atoms with Crippen molar-refractivity contribution in [1.82, 2.24) is 9.55 Å². The molecule has 3 heterocycles. The summed E-state index contributed by atoms with van der Waals surface area (Å²) >= 11 is 0. The zero-order chi connectivity index (χ0) is 25.4. The van der Waals surface area contributed by atoms with Crippen molar-refractivity contribution in [3.05, 3.63) is 123 Å². The lowest BCUT2D eigenvalue weighted by atomic mass is 9.77. The molecule has 1 aliphatic rings. The first-order chi connectivity index (χ1) is 17.4. The molecule has 0 aliphatic carbocycles. The number of hydrogen-bond donors (Lipinski definition) is 1. The number of benzene rings is 2. The Labute approximate surface area is 209 Å². The predicted octanol–water partition coefficient (Wildman–Crippen LogP) is 4.76. The van der Waals surface area contributed by atoms with Gasteiger partial charge in [-0.15, -0.1) is 0 Å². The molecule has 5 nitrogen and oxygen atoms in total. The van der Waals surface area contributed by atoms with E-state index in [4.69, 9.17) is 10.7 Å². The predicted molar refractivity (Wildman–Crippen MR) is 140 cm³/mol. The maximum absolute atomic E-state index is 15.0. The van der Waals surface area contributed by atoms with Gasteiger partial charge in [-0.1, -0.05) is 42.3 Å². The van der Waals surface area contributed by atoms with Crippen LogP contribution in [0.5, 0.6) is 0 Å². The summed E-state index contributed by atoms with van der Waals surface area (Å²) in [6.07, 6.45) is 1.80. The summed E-state index contributed by atoms with van der Waals surface area (Å²) in [6, 6.07) is 20.3. The van der Waals surface area contributed by atoms with Gasteiger partial charge in [-0.2, -0.15) is 0 Å². The van der Waals surface area contributed by atoms with Crippen LogP contribution in [-0.4, -0.2) is 15.4 Å². The molecule has 0 bridgehead atoms. The highest BCUT2D eigenvalue weighted by Gasteiger charge is 2.44. The van der Waals surface area contributed by atoms with Crippen LogP contribution >= 0.6 is 0 Å². The molecule has 4 aromatic rings. The third-order valence-electron chi connectivity index (χ3n) is 6.55. The van der Waals surface area contributed by atoms with Gasteiger partial charge >= 0.3 is 0 Å². The lowest BCUT2D eigenvalue weighted by Crippen LogP contribution is -2.30. The third kappa shape index (κ3) is 3.61. The smallest absolute Gasteiger partial charge is 0.253 e. The SMILES string of the molecule is CC#Cc1cccc(-c2cccc(C3(c4cc(C)c(=O)n(CC)c4)N=C(N)c4c(F)cccc43)c2)n1. The molecule has 0 spiro atoms. The number of fused-ring (bicyclic) bond motifs is 1. The Balaban J connectivity index is 1.82. The molecule has 1 atom stereocenters. The topological polar surface area (TPSA) is 73.3 Å². The first kappa shape index (κ1) is 23.3. The number of nitrogens with two attached hydrogens (primary N) is 1. The summed E-state index contributed by atoms with van der Waals surface area (Å²) in [5.41, 5.74) is 10.5. The number of rotatable bonds is 4. The summed E-state index contributed by atoms with van der Waals surface area (Å²) in [7, 11) is 0. The van der Waals surface area contributed by atoms with Gasteiger partial charge in [0.05, 0.1) is 11.3 Å². The quantitative estimate of drug-likeness (QED) is 0.432. The normalized spacial score (nSPS) is 16.2. The largest absolute Gasteiger partial charge is 0.383 e. The molecule has 2 N–H and O–H groups in total. The van der Waals surface area contributed by atoms with Crippen LogP contribution in [0.1, 0.15) is 47.4 Å². The van der Waals surface area contributed by atoms with E-state index in [0.29, 0.717) is 23.4 Å². The highest BCUT2D eigenvalue weighted by atomic mass is 19.1. The van der Waals surface area contributed by atoms with Crippen molar-refractivity contribution in [3.63, 3.8) is 0 Å². The van der Waals surface area contributed by atoms with Gasteiger partial charge in [0.15, 0.2) is 0 Å². The summed E-state index contributed by atoms with van der Waals surface area (Å²) < 4.78 is 16.7. The van der Waals surface area contributed by atoms with Gasteiger partial charge in [0.1, 0.15) is 22.9 Å². The number of pyridine rings is 2. The van der Waals surface area contributed by atoms with Crippen molar-refractivity contribution in [2.45, 2.75) is 32.9 Å². The van der Waals surface area contributed by atoms with E-state index in [1.165, 1.54) is 6.07 Å². The van der Waals surface area contributed by atoms with Crippen LogP contribution in [0.4, 0.5) is 4.39 Å². The molecular formula is C30H25FN4O. The fraction of sp³-hybridized carbons (Fsp3) is 0.167. The maximum atomic E-state index is 15.0. The van der Waals surface area contributed by atoms with Crippen molar-refractivity contribution < 1.29 is 4.39 Å². The van der Waals surface area contributed by atoms with E-state index < -0.39 is 11.4 Å². The van der Waals surface area contributed by atoms with Gasteiger partial charge < -0.3 is 10.3 Å². The molecule has 0 amide bonds. The van der Waals surface area contributed by atoms with E-state index in [1.54, 1.807) is 30.7 Å². The minimum atomic E-state index is -1.13. The van der Waals surface area contributed by atoms with E-state index in [9.17, 15) is 4.79 Å². The average molecular weight is 477 g/mol. The van der Waals surface area contributed by atoms with Gasteiger partial charge in [0.2, 0.25) is 0 Å². The second-order valence-corrected chi connectivity index (χ2v) is 8.74. The molecule has 1 aliphatic heterocycles. The van der Waals surface area contributed by atoms with Crippen LogP contribution < -0.4 is 11.3 Å². The van der Waals surface area contributed by atoms with Crippen molar-refractivity contribution in [1.29, 1.82) is 0 Å². The molecule has 0 saturated carbocycles. The number of halogens is 1. The van der Waals surface area contributed by atoms with E-state index in [-0.39, 0.29) is 17.0 Å². The van der Waals surface area contributed by atoms with E-state index >= 15 is 4.39 Å². The minimum absolute atomic E-state index is 0.0717. The zero-order valence-corrected chi connectivity index (χ0v) is 20.3. The van der Waals surface area contributed by atoms with Crippen molar-refractivity contribution in [2.24, 2.45) is 10.7 Å². The number of hydrogen-bond acceptors (Lipinski definition) is 4. The van der Waals surface area contributed by atoms with Crippen molar-refractivity contribution in [2.75, 3.05) is 0 Å². The molecule has 1 unspecified atom stereocenters. The van der Waals surface area contributed by atoms with Crippen molar-refractivity contribution >= 4 is 5.84 Å². The minimum Gasteiger partial charge on any atom is -0.383 e. The highest BCUT2D eigenvalue weighted by Crippen LogP contribution is 2.47. The Morgan fingerprint density at radius 3 is 2.61 bits per heavy atom. The lowest BCUT2D eigenvalue weighted by Gasteiger charge is -2.30. The fourth-order valence-corrected chi connectivity index (χ4v) is 4.90. The summed E-state index contributed by atoms with van der Waals surface area (Å²) in [6.45, 7) is 5.96. The van der Waals surface area contributed by atoms with Gasteiger partial charge in [0, 0.05) is 35.0 Å². The Hall–Kier alpha value is -4.50. The van der Waals surface area contributed by atoms with Crippen LogP contribution in [0.2, 0.25) is 0 Å². The average Bonchev–Trinajstić information content (AvgIpc) is 3.20. The Morgan fingerprint density at radius 2 is 1.83 bits per heavy atom. The number of nitrogens with zero attached hydrogens (tertiary/aromatic N) is 3. The second-order valence-electron chi connectivity index (χ2n) is 8.74. The van der Waals surface area contributed by atoms with Gasteiger partial charge in [-0.3, -0.25) is 4.79 Å². The molecule has 6 heteroatoms. The van der Waals surface area contributed by atoms with Gasteiger partial charge in [0.25, 0.3) is 5.56 Å². The molecule has 0 fully saturated rings. The summed E-state index contributed by atoms with van der Waals surface area (Å²) in [4.78, 5) is 22.3. The van der Waals surface area contributed by atoms with E-state index in [0.717, 1.165) is 22.4 Å². The molecular weight excluding hydrogens is 451 g/mol. The number of aliphatic imine (C=N–C) groups is 1. The number of aryl methyl sites for hydroxylation is 2. The molecule has 2 aromatic carbocycles. The Bertz CT molecular complexity index is 1660. The number of aromatic nitrogens is 2. The van der Waals surface area contributed by atoms with Crippen LogP contribution in [0.3, 0.4) is 0 Å². The molecule has 0 radical (unpaired) electrons. The van der Waals surface area contributed by atoms with Crippen LogP contribution in [-0.2, 0) is 12.1 Å². The van der Waals surface area contributed by atoms with Gasteiger partial charge in [-0.25, -0.2) is 14.4 Å².